The van der Waals surface area contributed by atoms with Crippen LogP contribution in [-0.4, -0.2) is 44.3 Å². The van der Waals surface area contributed by atoms with E-state index >= 15 is 0 Å². The van der Waals surface area contributed by atoms with E-state index in [2.05, 4.69) is 5.32 Å². The molecule has 0 spiro atoms. The molecule has 1 fully saturated rings. The van der Waals surface area contributed by atoms with Crippen molar-refractivity contribution in [2.45, 2.75) is 31.1 Å². The van der Waals surface area contributed by atoms with Gasteiger partial charge in [-0.05, 0) is 61.7 Å². The Bertz CT molecular complexity index is 1020. The number of hydrogen-bond acceptors (Lipinski definition) is 5. The molecule has 0 saturated carbocycles. The molecule has 0 unspecified atom stereocenters. The number of piperidine rings is 1. The zero-order chi connectivity index (χ0) is 22.4. The lowest BCUT2D eigenvalue weighted by Gasteiger charge is -2.31. The van der Waals surface area contributed by atoms with Gasteiger partial charge in [-0.2, -0.15) is 4.31 Å². The number of benzene rings is 2. The Labute approximate surface area is 181 Å². The molecule has 1 heterocycles. The minimum absolute atomic E-state index is 0.00662. The number of anilines is 1. The normalized spacial score (nSPS) is 17.2. The molecule has 0 radical (unpaired) electrons. The zero-order valence-corrected chi connectivity index (χ0v) is 18.0. The summed E-state index contributed by atoms with van der Waals surface area (Å²) in [6, 6.07) is 11.5. The van der Waals surface area contributed by atoms with E-state index in [0.717, 1.165) is 17.7 Å². The van der Waals surface area contributed by atoms with Crippen molar-refractivity contribution in [1.29, 1.82) is 0 Å². The second-order valence-electron chi connectivity index (χ2n) is 7.32. The molecule has 0 bridgehead atoms. The Morgan fingerprint density at radius 2 is 1.81 bits per heavy atom. The molecule has 2 aromatic carbocycles. The topological polar surface area (TPSA) is 92.8 Å². The number of sulfonamides is 1. The Hall–Kier alpha value is -2.78. The monoisotopic (exact) mass is 448 g/mol. The molecule has 1 atom stereocenters. The van der Waals surface area contributed by atoms with Crippen molar-refractivity contribution in [2.24, 2.45) is 5.92 Å². The molecule has 166 valence electrons. The van der Waals surface area contributed by atoms with Gasteiger partial charge >= 0.3 is 5.97 Å². The van der Waals surface area contributed by atoms with Crippen LogP contribution >= 0.6 is 0 Å². The number of rotatable bonds is 7. The molecule has 1 aliphatic rings. The number of nitrogens with one attached hydrogen (secondary N) is 1. The van der Waals surface area contributed by atoms with Crippen molar-refractivity contribution in [2.75, 3.05) is 25.0 Å². The molecule has 2 aromatic rings. The van der Waals surface area contributed by atoms with E-state index in [1.54, 1.807) is 31.2 Å². The summed E-state index contributed by atoms with van der Waals surface area (Å²) in [5.74, 6) is -1.59. The lowest BCUT2D eigenvalue weighted by atomic mass is 9.98. The van der Waals surface area contributed by atoms with Crippen molar-refractivity contribution in [3.05, 3.63) is 59.9 Å². The van der Waals surface area contributed by atoms with Crippen molar-refractivity contribution in [3.63, 3.8) is 0 Å². The van der Waals surface area contributed by atoms with E-state index in [-0.39, 0.29) is 29.7 Å². The van der Waals surface area contributed by atoms with Crippen LogP contribution in [0.5, 0.6) is 0 Å². The molecular weight excluding hydrogens is 423 g/mol. The first-order valence-electron chi connectivity index (χ1n) is 10.1. The highest BCUT2D eigenvalue weighted by molar-refractivity contribution is 7.89. The molecule has 3 rings (SSSR count). The van der Waals surface area contributed by atoms with Crippen LogP contribution in [0, 0.1) is 11.7 Å². The fourth-order valence-electron chi connectivity index (χ4n) is 3.46. The van der Waals surface area contributed by atoms with E-state index in [1.807, 2.05) is 0 Å². The highest BCUT2D eigenvalue weighted by atomic mass is 32.2. The minimum atomic E-state index is -3.80. The van der Waals surface area contributed by atoms with E-state index in [9.17, 15) is 22.4 Å². The maximum atomic E-state index is 13.1. The van der Waals surface area contributed by atoms with Crippen molar-refractivity contribution in [3.8, 4) is 0 Å². The number of ether oxygens (including phenoxy) is 1. The van der Waals surface area contributed by atoms with Crippen LogP contribution in [0.15, 0.2) is 53.4 Å². The number of esters is 1. The summed E-state index contributed by atoms with van der Waals surface area (Å²) in [7, 11) is -3.80. The SMILES string of the molecule is CCOC(=O)Cc1ccc(NC(=O)[C@H]2CCCN(S(=O)(=O)c3ccc(F)cc3)C2)cc1. The second-order valence-corrected chi connectivity index (χ2v) is 9.26. The van der Waals surface area contributed by atoms with Crippen LogP contribution in [0.25, 0.3) is 0 Å². The number of amides is 1. The fourth-order valence-corrected chi connectivity index (χ4v) is 4.98. The molecule has 1 saturated heterocycles. The van der Waals surface area contributed by atoms with Crippen LogP contribution in [0.4, 0.5) is 10.1 Å². The van der Waals surface area contributed by atoms with Gasteiger partial charge in [-0.25, -0.2) is 12.8 Å². The van der Waals surface area contributed by atoms with Gasteiger partial charge in [0.2, 0.25) is 15.9 Å². The third kappa shape index (κ3) is 5.89. The summed E-state index contributed by atoms with van der Waals surface area (Å²) in [5, 5.41) is 2.81. The highest BCUT2D eigenvalue weighted by Gasteiger charge is 2.33. The Kier molecular flexibility index (Phi) is 7.40. The smallest absolute Gasteiger partial charge is 0.310 e. The van der Waals surface area contributed by atoms with Crippen LogP contribution in [0.2, 0.25) is 0 Å². The molecule has 1 aliphatic heterocycles. The summed E-state index contributed by atoms with van der Waals surface area (Å²) < 4.78 is 45.0. The molecule has 0 aromatic heterocycles. The van der Waals surface area contributed by atoms with Gasteiger partial charge in [0.1, 0.15) is 5.82 Å². The van der Waals surface area contributed by atoms with Gasteiger partial charge in [0.25, 0.3) is 0 Å². The van der Waals surface area contributed by atoms with Crippen molar-refractivity contribution >= 4 is 27.6 Å². The van der Waals surface area contributed by atoms with Crippen molar-refractivity contribution < 1.29 is 27.1 Å². The first-order valence-corrected chi connectivity index (χ1v) is 11.5. The lowest BCUT2D eigenvalue weighted by Crippen LogP contribution is -2.43. The Balaban J connectivity index is 1.62. The molecule has 1 amide bonds. The summed E-state index contributed by atoms with van der Waals surface area (Å²) in [6.07, 6.45) is 1.28. The van der Waals surface area contributed by atoms with Gasteiger partial charge in [-0.1, -0.05) is 12.1 Å². The van der Waals surface area contributed by atoms with E-state index in [0.29, 0.717) is 31.7 Å². The van der Waals surface area contributed by atoms with E-state index < -0.39 is 21.8 Å². The number of carbonyl (C=O) groups excluding carboxylic acids is 2. The van der Waals surface area contributed by atoms with Crippen LogP contribution in [0.3, 0.4) is 0 Å². The summed E-state index contributed by atoms with van der Waals surface area (Å²) in [6.45, 7) is 2.44. The van der Waals surface area contributed by atoms with Crippen LogP contribution < -0.4 is 5.32 Å². The number of carbonyl (C=O) groups is 2. The predicted octanol–water partition coefficient (Wildman–Crippen LogP) is 2.97. The molecule has 9 heteroatoms. The maximum Gasteiger partial charge on any atom is 0.310 e. The minimum Gasteiger partial charge on any atom is -0.466 e. The predicted molar refractivity (Wildman–Crippen MR) is 113 cm³/mol. The highest BCUT2D eigenvalue weighted by Crippen LogP contribution is 2.25. The largest absolute Gasteiger partial charge is 0.466 e. The zero-order valence-electron chi connectivity index (χ0n) is 17.2. The lowest BCUT2D eigenvalue weighted by molar-refractivity contribution is -0.142. The first kappa shape index (κ1) is 22.9. The average molecular weight is 449 g/mol. The van der Waals surface area contributed by atoms with Gasteiger partial charge < -0.3 is 10.1 Å². The summed E-state index contributed by atoms with van der Waals surface area (Å²) >= 11 is 0. The quantitative estimate of drug-likeness (QED) is 0.658. The Morgan fingerprint density at radius 1 is 1.13 bits per heavy atom. The van der Waals surface area contributed by atoms with Gasteiger partial charge in [-0.15, -0.1) is 0 Å². The summed E-state index contributed by atoms with van der Waals surface area (Å²) in [5.41, 5.74) is 1.34. The first-order chi connectivity index (χ1) is 14.8. The number of halogens is 1. The van der Waals surface area contributed by atoms with Gasteiger partial charge in [0.15, 0.2) is 0 Å². The van der Waals surface area contributed by atoms with E-state index in [1.165, 1.54) is 16.4 Å². The molecule has 1 N–H and O–H groups in total. The number of hydrogen-bond donors (Lipinski definition) is 1. The molecule has 7 nitrogen and oxygen atoms in total. The van der Waals surface area contributed by atoms with E-state index in [4.69, 9.17) is 4.74 Å². The second kappa shape index (κ2) is 10.0. The van der Waals surface area contributed by atoms with Gasteiger partial charge in [-0.3, -0.25) is 9.59 Å². The fraction of sp³-hybridized carbons (Fsp3) is 0.364. The average Bonchev–Trinajstić information content (AvgIpc) is 2.75. The van der Waals surface area contributed by atoms with Crippen molar-refractivity contribution in [1.82, 2.24) is 4.31 Å². The molecule has 31 heavy (non-hydrogen) atoms. The van der Waals surface area contributed by atoms with Gasteiger partial charge in [0.05, 0.1) is 23.8 Å². The van der Waals surface area contributed by atoms with Crippen LogP contribution in [-0.2, 0) is 30.8 Å². The molecular formula is C22H25FN2O5S. The summed E-state index contributed by atoms with van der Waals surface area (Å²) in [4.78, 5) is 24.3. The standard InChI is InChI=1S/C22H25FN2O5S/c1-2-30-21(26)14-16-5-9-19(10-6-16)24-22(27)17-4-3-13-25(15-17)31(28,29)20-11-7-18(23)8-12-20/h5-12,17H,2-4,13-15H2,1H3,(H,24,27)/t17-/m0/s1. The third-order valence-corrected chi connectivity index (χ3v) is 6.96. The maximum absolute atomic E-state index is 13.1. The number of nitrogens with zero attached hydrogens (tertiary/aromatic N) is 1. The Morgan fingerprint density at radius 3 is 2.45 bits per heavy atom. The van der Waals surface area contributed by atoms with Crippen LogP contribution in [0.1, 0.15) is 25.3 Å². The molecule has 0 aliphatic carbocycles. The third-order valence-electron chi connectivity index (χ3n) is 5.08. The van der Waals surface area contributed by atoms with Gasteiger partial charge in [0, 0.05) is 18.8 Å².